The molecule has 0 bridgehead atoms. The molecule has 2 aromatic rings. The van der Waals surface area contributed by atoms with Crippen molar-refractivity contribution in [2.75, 3.05) is 37.8 Å². The molecule has 10 nitrogen and oxygen atoms in total. The Morgan fingerprint density at radius 3 is 2.62 bits per heavy atom. The highest BCUT2D eigenvalue weighted by atomic mass is 16.6. The predicted octanol–water partition coefficient (Wildman–Crippen LogP) is -1.73. The molecule has 0 aliphatic carbocycles. The van der Waals surface area contributed by atoms with Gasteiger partial charge in [0.2, 0.25) is 0 Å². The maximum absolute atomic E-state index is 10.2. The van der Waals surface area contributed by atoms with Crippen molar-refractivity contribution < 1.29 is 24.8 Å². The van der Waals surface area contributed by atoms with Crippen molar-refractivity contribution in [3.05, 3.63) is 12.7 Å². The normalized spacial score (nSPS) is 31.0. The highest BCUT2D eigenvalue weighted by molar-refractivity contribution is 5.83. The van der Waals surface area contributed by atoms with Gasteiger partial charge in [0.05, 0.1) is 26.1 Å². The van der Waals surface area contributed by atoms with E-state index in [9.17, 15) is 15.3 Å². The van der Waals surface area contributed by atoms with Gasteiger partial charge < -0.3 is 29.7 Å². The van der Waals surface area contributed by atoms with Crippen LogP contribution >= 0.6 is 0 Å². The summed E-state index contributed by atoms with van der Waals surface area (Å²) in [5, 5.41) is 29.4. The van der Waals surface area contributed by atoms with E-state index in [4.69, 9.17) is 9.47 Å². The minimum absolute atomic E-state index is 0.380. The van der Waals surface area contributed by atoms with Gasteiger partial charge in [-0.25, -0.2) is 15.0 Å². The van der Waals surface area contributed by atoms with E-state index < -0.39 is 24.5 Å². The molecule has 4 rings (SSSR count). The summed E-state index contributed by atoms with van der Waals surface area (Å²) >= 11 is 0. The van der Waals surface area contributed by atoms with Crippen molar-refractivity contribution in [3.63, 3.8) is 0 Å². The van der Waals surface area contributed by atoms with Crippen molar-refractivity contribution in [1.82, 2.24) is 19.5 Å². The molecule has 130 valence electrons. The molecule has 24 heavy (non-hydrogen) atoms. The summed E-state index contributed by atoms with van der Waals surface area (Å²) in [7, 11) is 0. The summed E-state index contributed by atoms with van der Waals surface area (Å²) in [6.45, 7) is 2.30. The lowest BCUT2D eigenvalue weighted by atomic mass is 10.1. The number of imidazole rings is 1. The zero-order chi connectivity index (χ0) is 16.7. The van der Waals surface area contributed by atoms with Crippen LogP contribution < -0.4 is 4.90 Å². The van der Waals surface area contributed by atoms with Gasteiger partial charge in [0.1, 0.15) is 24.6 Å². The maximum Gasteiger partial charge on any atom is 0.167 e. The van der Waals surface area contributed by atoms with E-state index in [1.165, 1.54) is 12.7 Å². The van der Waals surface area contributed by atoms with E-state index in [-0.39, 0.29) is 6.61 Å². The third-order valence-electron chi connectivity index (χ3n) is 4.44. The van der Waals surface area contributed by atoms with E-state index in [0.29, 0.717) is 43.3 Å². The topological polar surface area (TPSA) is 126 Å². The maximum atomic E-state index is 10.2. The molecule has 2 fully saturated rings. The smallest absolute Gasteiger partial charge is 0.167 e. The summed E-state index contributed by atoms with van der Waals surface area (Å²) in [6, 6.07) is 0. The Morgan fingerprint density at radius 1 is 1.12 bits per heavy atom. The number of aromatic nitrogens is 4. The molecule has 10 heteroatoms. The molecule has 0 amide bonds. The fourth-order valence-corrected chi connectivity index (χ4v) is 3.14. The number of rotatable bonds is 3. The summed E-state index contributed by atoms with van der Waals surface area (Å²) in [6.07, 6.45) is -1.12. The van der Waals surface area contributed by atoms with Crippen molar-refractivity contribution in [1.29, 1.82) is 0 Å². The van der Waals surface area contributed by atoms with Gasteiger partial charge in [-0.1, -0.05) is 0 Å². The van der Waals surface area contributed by atoms with Gasteiger partial charge in [-0.3, -0.25) is 4.57 Å². The molecule has 0 spiro atoms. The van der Waals surface area contributed by atoms with Crippen LogP contribution in [0.3, 0.4) is 0 Å². The van der Waals surface area contributed by atoms with Crippen LogP contribution in [0.5, 0.6) is 0 Å². The largest absolute Gasteiger partial charge is 0.394 e. The molecule has 2 aliphatic rings. The first-order chi connectivity index (χ1) is 11.7. The fraction of sp³-hybridized carbons (Fsp3) is 0.643. The Kier molecular flexibility index (Phi) is 4.06. The Hall–Kier alpha value is -1.85. The summed E-state index contributed by atoms with van der Waals surface area (Å²) in [4.78, 5) is 15.0. The first-order valence-corrected chi connectivity index (χ1v) is 7.83. The van der Waals surface area contributed by atoms with E-state index >= 15 is 0 Å². The average molecular weight is 337 g/mol. The van der Waals surface area contributed by atoms with Crippen LogP contribution in [0, 0.1) is 0 Å². The fourth-order valence-electron chi connectivity index (χ4n) is 3.14. The Labute approximate surface area is 137 Å². The lowest BCUT2D eigenvalue weighted by Gasteiger charge is -2.27. The van der Waals surface area contributed by atoms with Crippen LogP contribution in [0.4, 0.5) is 5.82 Å². The van der Waals surface area contributed by atoms with Crippen LogP contribution in [0.2, 0.25) is 0 Å². The number of anilines is 1. The highest BCUT2D eigenvalue weighted by Crippen LogP contribution is 2.32. The second-order valence-corrected chi connectivity index (χ2v) is 5.85. The molecule has 3 N–H and O–H groups in total. The minimum atomic E-state index is -1.18. The minimum Gasteiger partial charge on any atom is -0.394 e. The Morgan fingerprint density at radius 2 is 1.92 bits per heavy atom. The molecule has 0 aromatic carbocycles. The standard InChI is InChI=1S/C14H19N5O5/c20-5-8-10(21)11(22)14(24-8)19-7-17-9-12(15-6-16-13(9)19)18-1-3-23-4-2-18/h6-8,10-11,14,20-22H,1-5H2/t8-,10?,11+,14-/m1/s1. The predicted molar refractivity (Wildman–Crippen MR) is 81.4 cm³/mol. The van der Waals surface area contributed by atoms with Gasteiger partial charge in [-0.05, 0) is 0 Å². The number of aliphatic hydroxyl groups excluding tert-OH is 3. The van der Waals surface area contributed by atoms with Gasteiger partial charge in [-0.15, -0.1) is 0 Å². The molecular weight excluding hydrogens is 318 g/mol. The van der Waals surface area contributed by atoms with E-state index in [1.54, 1.807) is 4.57 Å². The van der Waals surface area contributed by atoms with E-state index in [2.05, 4.69) is 19.9 Å². The van der Waals surface area contributed by atoms with E-state index in [1.807, 2.05) is 0 Å². The first-order valence-electron chi connectivity index (χ1n) is 7.83. The number of morpholine rings is 1. The highest BCUT2D eigenvalue weighted by Gasteiger charge is 2.44. The van der Waals surface area contributed by atoms with Gasteiger partial charge in [0.15, 0.2) is 23.2 Å². The van der Waals surface area contributed by atoms with Crippen LogP contribution in [-0.2, 0) is 9.47 Å². The second-order valence-electron chi connectivity index (χ2n) is 5.85. The average Bonchev–Trinajstić information content (AvgIpc) is 3.17. The quantitative estimate of drug-likeness (QED) is 0.599. The monoisotopic (exact) mass is 337 g/mol. The number of fused-ring (bicyclic) bond motifs is 1. The van der Waals surface area contributed by atoms with Gasteiger partial charge in [-0.2, -0.15) is 0 Å². The first kappa shape index (κ1) is 15.7. The summed E-state index contributed by atoms with van der Waals surface area (Å²) < 4.78 is 12.5. The molecule has 0 radical (unpaired) electrons. The molecule has 4 heterocycles. The molecule has 1 unspecified atom stereocenters. The number of ether oxygens (including phenoxy) is 2. The summed E-state index contributed by atoms with van der Waals surface area (Å²) in [5.74, 6) is 0.703. The number of hydrogen-bond donors (Lipinski definition) is 3. The third-order valence-corrected chi connectivity index (χ3v) is 4.44. The van der Waals surface area contributed by atoms with Gasteiger partial charge in [0.25, 0.3) is 0 Å². The Bertz CT molecular complexity index is 719. The zero-order valence-electron chi connectivity index (χ0n) is 12.9. The van der Waals surface area contributed by atoms with Crippen molar-refractivity contribution in [2.45, 2.75) is 24.5 Å². The van der Waals surface area contributed by atoms with Crippen molar-refractivity contribution in [3.8, 4) is 0 Å². The van der Waals surface area contributed by atoms with E-state index in [0.717, 1.165) is 0 Å². The number of hydrogen-bond acceptors (Lipinski definition) is 9. The lowest BCUT2D eigenvalue weighted by molar-refractivity contribution is -0.0511. The van der Waals surface area contributed by atoms with Crippen molar-refractivity contribution in [2.24, 2.45) is 0 Å². The molecule has 2 aliphatic heterocycles. The molecule has 2 saturated heterocycles. The number of aliphatic hydroxyl groups is 3. The van der Waals surface area contributed by atoms with Crippen LogP contribution in [0.15, 0.2) is 12.7 Å². The summed E-state index contributed by atoms with van der Waals surface area (Å²) in [5.41, 5.74) is 1.10. The van der Waals surface area contributed by atoms with Crippen LogP contribution in [0.1, 0.15) is 6.23 Å². The molecular formula is C14H19N5O5. The van der Waals surface area contributed by atoms with Gasteiger partial charge in [0, 0.05) is 13.1 Å². The number of nitrogens with zero attached hydrogens (tertiary/aromatic N) is 5. The molecule has 0 saturated carbocycles. The third kappa shape index (κ3) is 2.43. The molecule has 2 aromatic heterocycles. The lowest BCUT2D eigenvalue weighted by Crippen LogP contribution is -2.37. The van der Waals surface area contributed by atoms with Gasteiger partial charge >= 0.3 is 0 Å². The molecule has 4 atom stereocenters. The van der Waals surface area contributed by atoms with Crippen molar-refractivity contribution >= 4 is 17.0 Å². The SMILES string of the molecule is OC[C@H]1O[C@@H](n2cnc3c(N4CCOCC4)ncnc32)[C@@H](O)C1O. The Balaban J connectivity index is 1.71. The second kappa shape index (κ2) is 6.22. The van der Waals surface area contributed by atoms with Crippen LogP contribution in [-0.4, -0.2) is 86.1 Å². The van der Waals surface area contributed by atoms with Crippen LogP contribution in [0.25, 0.3) is 11.2 Å². The zero-order valence-corrected chi connectivity index (χ0v) is 12.9.